The molecule has 2 aliphatic rings. The van der Waals surface area contributed by atoms with Crippen LogP contribution in [-0.4, -0.2) is 43.9 Å². The number of aliphatic hydroxyl groups is 1. The number of aliphatic hydroxyl groups excluding tert-OH is 1. The molecule has 1 aromatic carbocycles. The van der Waals surface area contributed by atoms with E-state index in [-0.39, 0.29) is 28.2 Å². The summed E-state index contributed by atoms with van der Waals surface area (Å²) in [6, 6.07) is 8.15. The first kappa shape index (κ1) is 19.9. The number of methoxy groups -OCH3 is 2. The SMILES string of the molecule is COC(=O)CC1=C(C(=O)OC)C2(C(=O)N(CO)c3ccccc32)C(C#N)=C(N)O1. The van der Waals surface area contributed by atoms with Gasteiger partial charge < -0.3 is 25.1 Å². The zero-order valence-electron chi connectivity index (χ0n) is 15.6. The number of fused-ring (bicyclic) bond motifs is 2. The molecular formula is C19H17N3O7. The van der Waals surface area contributed by atoms with Crippen LogP contribution in [0.15, 0.2) is 47.1 Å². The van der Waals surface area contributed by atoms with Crippen molar-refractivity contribution in [2.24, 2.45) is 5.73 Å². The third-order valence-electron chi connectivity index (χ3n) is 4.85. The lowest BCUT2D eigenvalue weighted by atomic mass is 9.68. The van der Waals surface area contributed by atoms with Crippen LogP contribution in [0.3, 0.4) is 0 Å². The Bertz CT molecular complexity index is 1020. The van der Waals surface area contributed by atoms with Crippen molar-refractivity contribution in [2.45, 2.75) is 11.8 Å². The van der Waals surface area contributed by atoms with Gasteiger partial charge in [0.2, 0.25) is 11.8 Å². The van der Waals surface area contributed by atoms with Gasteiger partial charge in [-0.05, 0) is 6.07 Å². The molecule has 1 atom stereocenters. The fourth-order valence-corrected chi connectivity index (χ4v) is 3.67. The first-order chi connectivity index (χ1) is 13.9. The van der Waals surface area contributed by atoms with Gasteiger partial charge in [0.05, 0.1) is 19.9 Å². The highest BCUT2D eigenvalue weighted by atomic mass is 16.5. The van der Waals surface area contributed by atoms with Crippen molar-refractivity contribution in [1.29, 1.82) is 5.26 Å². The molecule has 3 N–H and O–H groups in total. The molecule has 10 heteroatoms. The van der Waals surface area contributed by atoms with E-state index in [0.717, 1.165) is 19.1 Å². The molecule has 1 unspecified atom stereocenters. The lowest BCUT2D eigenvalue weighted by molar-refractivity contribution is -0.141. The predicted octanol–water partition coefficient (Wildman–Crippen LogP) is -0.0649. The number of carbonyl (C=O) groups is 3. The summed E-state index contributed by atoms with van der Waals surface area (Å²) in [5.41, 5.74) is 3.68. The number of hydrogen-bond donors (Lipinski definition) is 2. The normalized spacial score (nSPS) is 20.3. The van der Waals surface area contributed by atoms with Gasteiger partial charge in [-0.3, -0.25) is 14.5 Å². The third kappa shape index (κ3) is 2.63. The van der Waals surface area contributed by atoms with Gasteiger partial charge in [0, 0.05) is 5.56 Å². The second-order valence-corrected chi connectivity index (χ2v) is 6.14. The molecule has 1 spiro atoms. The van der Waals surface area contributed by atoms with Crippen molar-refractivity contribution in [2.75, 3.05) is 25.9 Å². The molecule has 0 saturated heterocycles. The maximum Gasteiger partial charge on any atom is 0.339 e. The van der Waals surface area contributed by atoms with Crippen LogP contribution in [0.4, 0.5) is 5.69 Å². The summed E-state index contributed by atoms with van der Waals surface area (Å²) in [5.74, 6) is -3.27. The Morgan fingerprint density at radius 3 is 2.59 bits per heavy atom. The zero-order valence-corrected chi connectivity index (χ0v) is 15.6. The van der Waals surface area contributed by atoms with Crippen molar-refractivity contribution in [3.05, 3.63) is 52.6 Å². The topological polar surface area (TPSA) is 152 Å². The van der Waals surface area contributed by atoms with Crippen LogP contribution in [0.25, 0.3) is 0 Å². The molecule has 1 aromatic rings. The molecule has 0 aliphatic carbocycles. The van der Waals surface area contributed by atoms with Crippen molar-refractivity contribution in [3.63, 3.8) is 0 Å². The van der Waals surface area contributed by atoms with E-state index in [1.54, 1.807) is 18.2 Å². The number of nitrogens with two attached hydrogens (primary N) is 1. The van der Waals surface area contributed by atoms with Gasteiger partial charge in [-0.2, -0.15) is 5.26 Å². The molecule has 0 bridgehead atoms. The molecule has 3 rings (SSSR count). The molecule has 0 fully saturated rings. The summed E-state index contributed by atoms with van der Waals surface area (Å²) in [5, 5.41) is 19.6. The molecule has 10 nitrogen and oxygen atoms in total. The first-order valence-electron chi connectivity index (χ1n) is 8.37. The van der Waals surface area contributed by atoms with Gasteiger partial charge in [0.15, 0.2) is 5.41 Å². The molecular weight excluding hydrogens is 382 g/mol. The second-order valence-electron chi connectivity index (χ2n) is 6.14. The van der Waals surface area contributed by atoms with E-state index in [0.29, 0.717) is 0 Å². The van der Waals surface area contributed by atoms with Crippen LogP contribution in [0.5, 0.6) is 0 Å². The van der Waals surface area contributed by atoms with E-state index in [4.69, 9.17) is 15.2 Å². The minimum Gasteiger partial charge on any atom is -0.469 e. The molecule has 0 aromatic heterocycles. The quantitative estimate of drug-likeness (QED) is 0.663. The summed E-state index contributed by atoms with van der Waals surface area (Å²) in [7, 11) is 2.23. The number of nitrogens with zero attached hydrogens (tertiary/aromatic N) is 2. The molecule has 0 saturated carbocycles. The lowest BCUT2D eigenvalue weighted by Crippen LogP contribution is -2.49. The number of para-hydroxylation sites is 1. The number of hydrogen-bond acceptors (Lipinski definition) is 9. The number of anilines is 1. The van der Waals surface area contributed by atoms with E-state index in [2.05, 4.69) is 4.74 Å². The molecule has 29 heavy (non-hydrogen) atoms. The standard InChI is InChI=1S/C19H17N3O7/c1-27-14(24)7-13-15(17(25)28-2)19(11(8-20)16(21)29-13)10-5-3-4-6-12(10)22(9-23)18(19)26/h3-6,23H,7,9,21H2,1-2H3. The van der Waals surface area contributed by atoms with Gasteiger partial charge in [-0.25, -0.2) is 4.79 Å². The molecule has 0 radical (unpaired) electrons. The Hall–Kier alpha value is -3.84. The average molecular weight is 399 g/mol. The summed E-state index contributed by atoms with van der Waals surface area (Å²) >= 11 is 0. The monoisotopic (exact) mass is 399 g/mol. The van der Waals surface area contributed by atoms with Crippen LogP contribution in [-0.2, 0) is 34.0 Å². The predicted molar refractivity (Wildman–Crippen MR) is 96.3 cm³/mol. The van der Waals surface area contributed by atoms with E-state index in [1.807, 2.05) is 6.07 Å². The Labute approximate surface area is 165 Å². The van der Waals surface area contributed by atoms with E-state index in [9.17, 15) is 24.8 Å². The Kier molecular flexibility index (Phi) is 5.01. The van der Waals surface area contributed by atoms with Gasteiger partial charge in [0.25, 0.3) is 0 Å². The highest BCUT2D eigenvalue weighted by Crippen LogP contribution is 2.54. The number of benzene rings is 1. The highest BCUT2D eigenvalue weighted by Gasteiger charge is 2.62. The largest absolute Gasteiger partial charge is 0.469 e. The fraction of sp³-hybridized carbons (Fsp3) is 0.263. The highest BCUT2D eigenvalue weighted by molar-refractivity contribution is 6.18. The zero-order chi connectivity index (χ0) is 21.3. The lowest BCUT2D eigenvalue weighted by Gasteiger charge is -2.34. The Morgan fingerprint density at radius 2 is 2.00 bits per heavy atom. The van der Waals surface area contributed by atoms with Crippen molar-refractivity contribution < 1.29 is 33.7 Å². The summed E-state index contributed by atoms with van der Waals surface area (Å²) in [6.07, 6.45) is -0.531. The van der Waals surface area contributed by atoms with Crippen LogP contribution < -0.4 is 10.6 Å². The van der Waals surface area contributed by atoms with E-state index in [1.165, 1.54) is 6.07 Å². The molecule has 1 amide bonds. The summed E-state index contributed by atoms with van der Waals surface area (Å²) in [6.45, 7) is -0.710. The third-order valence-corrected chi connectivity index (χ3v) is 4.85. The number of amides is 1. The van der Waals surface area contributed by atoms with Gasteiger partial charge in [0.1, 0.15) is 36.1 Å². The molecule has 150 valence electrons. The molecule has 2 aliphatic heterocycles. The van der Waals surface area contributed by atoms with Crippen LogP contribution in [0.1, 0.15) is 12.0 Å². The molecule has 2 heterocycles. The number of ether oxygens (including phenoxy) is 3. The van der Waals surface area contributed by atoms with Crippen LogP contribution >= 0.6 is 0 Å². The Balaban J connectivity index is 2.45. The number of nitriles is 1. The Morgan fingerprint density at radius 1 is 1.31 bits per heavy atom. The summed E-state index contributed by atoms with van der Waals surface area (Å²) in [4.78, 5) is 39.2. The van der Waals surface area contributed by atoms with Crippen molar-refractivity contribution >= 4 is 23.5 Å². The maximum atomic E-state index is 13.5. The number of esters is 2. The number of carbonyl (C=O) groups excluding carboxylic acids is 3. The van der Waals surface area contributed by atoms with Crippen LogP contribution in [0, 0.1) is 11.3 Å². The van der Waals surface area contributed by atoms with Crippen molar-refractivity contribution in [1.82, 2.24) is 0 Å². The second kappa shape index (κ2) is 7.29. The minimum atomic E-state index is -2.03. The van der Waals surface area contributed by atoms with Crippen LogP contribution in [0.2, 0.25) is 0 Å². The summed E-state index contributed by atoms with van der Waals surface area (Å²) < 4.78 is 14.9. The van der Waals surface area contributed by atoms with E-state index >= 15 is 0 Å². The fourth-order valence-electron chi connectivity index (χ4n) is 3.67. The first-order valence-corrected chi connectivity index (χ1v) is 8.37. The van der Waals surface area contributed by atoms with Crippen molar-refractivity contribution in [3.8, 4) is 6.07 Å². The average Bonchev–Trinajstić information content (AvgIpc) is 2.96. The van der Waals surface area contributed by atoms with E-state index < -0.39 is 42.3 Å². The minimum absolute atomic E-state index is 0.226. The van der Waals surface area contributed by atoms with Gasteiger partial charge >= 0.3 is 11.9 Å². The smallest absolute Gasteiger partial charge is 0.339 e. The van der Waals surface area contributed by atoms with Gasteiger partial charge in [-0.15, -0.1) is 0 Å². The number of rotatable bonds is 4. The van der Waals surface area contributed by atoms with Gasteiger partial charge in [-0.1, -0.05) is 18.2 Å². The maximum absolute atomic E-state index is 13.5.